The molecule has 0 spiro atoms. The maximum Gasteiger partial charge on any atom is 0.303 e. The van der Waals surface area contributed by atoms with E-state index in [1.165, 1.54) is 15.8 Å². The summed E-state index contributed by atoms with van der Waals surface area (Å²) in [6.45, 7) is 0.925. The van der Waals surface area contributed by atoms with Crippen molar-refractivity contribution in [3.8, 4) is 0 Å². The lowest BCUT2D eigenvalue weighted by Gasteiger charge is -2.03. The molecule has 0 amide bonds. The number of carbonyl (C=O) groups is 1. The zero-order valence-electron chi connectivity index (χ0n) is 11.7. The van der Waals surface area contributed by atoms with E-state index >= 15 is 0 Å². The highest BCUT2D eigenvalue weighted by Gasteiger charge is 2.09. The molecule has 3 nitrogen and oxygen atoms in total. The Morgan fingerprint density at radius 3 is 2.76 bits per heavy atom. The number of hydrogen-bond acceptors (Lipinski definition) is 2. The molecule has 3 aromatic rings. The quantitative estimate of drug-likeness (QED) is 0.748. The molecule has 0 aliphatic carbocycles. The highest BCUT2D eigenvalue weighted by atomic mass is 32.1. The number of carboxylic acids is 1. The average Bonchev–Trinajstić information content (AvgIpc) is 3.11. The second kappa shape index (κ2) is 6.14. The van der Waals surface area contributed by atoms with Gasteiger partial charge in [-0.2, -0.15) is 0 Å². The van der Waals surface area contributed by atoms with E-state index in [9.17, 15) is 4.79 Å². The van der Waals surface area contributed by atoms with Crippen LogP contribution < -0.4 is 0 Å². The van der Waals surface area contributed by atoms with E-state index in [1.54, 1.807) is 11.3 Å². The van der Waals surface area contributed by atoms with Gasteiger partial charge in [-0.05, 0) is 35.9 Å². The lowest BCUT2D eigenvalue weighted by atomic mass is 10.1. The van der Waals surface area contributed by atoms with Crippen LogP contribution in [0.3, 0.4) is 0 Å². The Balaban J connectivity index is 1.85. The summed E-state index contributed by atoms with van der Waals surface area (Å²) in [6.07, 6.45) is 3.89. The third-order valence-corrected chi connectivity index (χ3v) is 4.59. The maximum absolute atomic E-state index is 10.8. The molecule has 4 heteroatoms. The Hall–Kier alpha value is -2.07. The molecule has 0 aliphatic rings. The van der Waals surface area contributed by atoms with Gasteiger partial charge in [-0.1, -0.05) is 24.3 Å². The Morgan fingerprint density at radius 1 is 1.14 bits per heavy atom. The van der Waals surface area contributed by atoms with Crippen molar-refractivity contribution in [3.63, 3.8) is 0 Å². The Morgan fingerprint density at radius 2 is 2.00 bits per heavy atom. The van der Waals surface area contributed by atoms with Crippen LogP contribution in [0, 0.1) is 0 Å². The SMILES string of the molecule is O=C(O)CCc1cn(CCc2cccs2)c2ccccc12. The molecule has 0 atom stereocenters. The number of hydrogen-bond donors (Lipinski definition) is 1. The van der Waals surface area contributed by atoms with Gasteiger partial charge in [-0.25, -0.2) is 0 Å². The lowest BCUT2D eigenvalue weighted by molar-refractivity contribution is -0.136. The second-order valence-electron chi connectivity index (χ2n) is 5.09. The molecular weight excluding hydrogens is 282 g/mol. The summed E-state index contributed by atoms with van der Waals surface area (Å²) in [5.41, 5.74) is 2.31. The van der Waals surface area contributed by atoms with Crippen LogP contribution in [0.2, 0.25) is 0 Å². The first-order chi connectivity index (χ1) is 10.2. The van der Waals surface area contributed by atoms with Crippen LogP contribution in [0.1, 0.15) is 16.9 Å². The van der Waals surface area contributed by atoms with Gasteiger partial charge in [0.2, 0.25) is 0 Å². The van der Waals surface area contributed by atoms with Gasteiger partial charge in [0.15, 0.2) is 0 Å². The number of nitrogens with zero attached hydrogens (tertiary/aromatic N) is 1. The minimum atomic E-state index is -0.745. The molecule has 0 fully saturated rings. The largest absolute Gasteiger partial charge is 0.481 e. The van der Waals surface area contributed by atoms with Crippen molar-refractivity contribution in [2.75, 3.05) is 0 Å². The summed E-state index contributed by atoms with van der Waals surface area (Å²) < 4.78 is 2.24. The first-order valence-corrected chi connectivity index (χ1v) is 7.93. The van der Waals surface area contributed by atoms with Gasteiger partial charge in [0.05, 0.1) is 0 Å². The molecule has 0 bridgehead atoms. The van der Waals surface area contributed by atoms with Crippen molar-refractivity contribution < 1.29 is 9.90 Å². The van der Waals surface area contributed by atoms with Crippen molar-refractivity contribution in [1.29, 1.82) is 0 Å². The minimum absolute atomic E-state index is 0.179. The van der Waals surface area contributed by atoms with Crippen molar-refractivity contribution in [2.45, 2.75) is 25.8 Å². The molecule has 0 saturated carbocycles. The van der Waals surface area contributed by atoms with E-state index in [0.29, 0.717) is 6.42 Å². The Kier molecular flexibility index (Phi) is 4.06. The molecular formula is C17H17NO2S. The maximum atomic E-state index is 10.8. The van der Waals surface area contributed by atoms with E-state index in [4.69, 9.17) is 5.11 Å². The normalized spacial score (nSPS) is 11.0. The van der Waals surface area contributed by atoms with Crippen LogP contribution in [0.15, 0.2) is 48.0 Å². The van der Waals surface area contributed by atoms with Gasteiger partial charge in [0.1, 0.15) is 0 Å². The number of aliphatic carboxylic acids is 1. The number of rotatable bonds is 6. The number of carboxylic acid groups (broad SMARTS) is 1. The molecule has 2 aromatic heterocycles. The Labute approximate surface area is 127 Å². The third kappa shape index (κ3) is 3.16. The van der Waals surface area contributed by atoms with Crippen LogP contribution in [0.5, 0.6) is 0 Å². The second-order valence-corrected chi connectivity index (χ2v) is 6.12. The van der Waals surface area contributed by atoms with Crippen molar-refractivity contribution >= 4 is 28.2 Å². The zero-order valence-corrected chi connectivity index (χ0v) is 12.5. The van der Waals surface area contributed by atoms with E-state index in [2.05, 4.69) is 40.4 Å². The van der Waals surface area contributed by atoms with E-state index in [-0.39, 0.29) is 6.42 Å². The fraction of sp³-hybridized carbons (Fsp3) is 0.235. The van der Waals surface area contributed by atoms with Crippen LogP contribution in [0.4, 0.5) is 0 Å². The summed E-state index contributed by atoms with van der Waals surface area (Å²) in [5, 5.41) is 12.1. The van der Waals surface area contributed by atoms with Crippen molar-refractivity contribution in [3.05, 3.63) is 58.4 Å². The number of para-hydroxylation sites is 1. The molecule has 1 N–H and O–H groups in total. The van der Waals surface area contributed by atoms with Gasteiger partial charge in [0, 0.05) is 34.9 Å². The van der Waals surface area contributed by atoms with Gasteiger partial charge >= 0.3 is 5.97 Å². The van der Waals surface area contributed by atoms with Gasteiger partial charge in [-0.3, -0.25) is 4.79 Å². The number of thiophene rings is 1. The molecule has 3 rings (SSSR count). The van der Waals surface area contributed by atoms with E-state index in [1.807, 2.05) is 12.1 Å². The topological polar surface area (TPSA) is 42.2 Å². The lowest BCUT2D eigenvalue weighted by Crippen LogP contribution is -1.99. The summed E-state index contributed by atoms with van der Waals surface area (Å²) in [7, 11) is 0. The molecule has 0 radical (unpaired) electrons. The molecule has 0 unspecified atom stereocenters. The highest BCUT2D eigenvalue weighted by molar-refractivity contribution is 7.09. The Bertz CT molecular complexity index is 743. The number of aryl methyl sites for hydroxylation is 3. The van der Waals surface area contributed by atoms with Gasteiger partial charge in [0.25, 0.3) is 0 Å². The third-order valence-electron chi connectivity index (χ3n) is 3.66. The fourth-order valence-electron chi connectivity index (χ4n) is 2.63. The summed E-state index contributed by atoms with van der Waals surface area (Å²) in [5.74, 6) is -0.745. The summed E-state index contributed by atoms with van der Waals surface area (Å²) >= 11 is 1.78. The van der Waals surface area contributed by atoms with Crippen LogP contribution in [-0.4, -0.2) is 15.6 Å². The smallest absolute Gasteiger partial charge is 0.303 e. The van der Waals surface area contributed by atoms with Gasteiger partial charge < -0.3 is 9.67 Å². The van der Waals surface area contributed by atoms with E-state index in [0.717, 1.165) is 18.5 Å². The molecule has 0 saturated heterocycles. The van der Waals surface area contributed by atoms with Crippen molar-refractivity contribution in [1.82, 2.24) is 4.57 Å². The van der Waals surface area contributed by atoms with Gasteiger partial charge in [-0.15, -0.1) is 11.3 Å². The average molecular weight is 299 g/mol. The molecule has 108 valence electrons. The number of benzene rings is 1. The highest BCUT2D eigenvalue weighted by Crippen LogP contribution is 2.23. The first-order valence-electron chi connectivity index (χ1n) is 7.05. The van der Waals surface area contributed by atoms with Crippen LogP contribution in [-0.2, 0) is 24.2 Å². The molecule has 2 heterocycles. The summed E-state index contributed by atoms with van der Waals surface area (Å²) in [4.78, 5) is 12.2. The monoisotopic (exact) mass is 299 g/mol. The van der Waals surface area contributed by atoms with Crippen molar-refractivity contribution in [2.24, 2.45) is 0 Å². The zero-order chi connectivity index (χ0) is 14.7. The summed E-state index contributed by atoms with van der Waals surface area (Å²) in [6, 6.07) is 12.5. The standard InChI is InChI=1S/C17H17NO2S/c19-17(20)8-7-13-12-18(10-9-14-4-3-11-21-14)16-6-2-1-5-15(13)16/h1-6,11-12H,7-10H2,(H,19,20). The van der Waals surface area contributed by atoms with Crippen LogP contribution in [0.25, 0.3) is 10.9 Å². The predicted octanol–water partition coefficient (Wildman–Crippen LogP) is 3.96. The minimum Gasteiger partial charge on any atom is -0.481 e. The number of fused-ring (bicyclic) bond motifs is 1. The molecule has 21 heavy (non-hydrogen) atoms. The first kappa shape index (κ1) is 13.9. The number of aromatic nitrogens is 1. The molecule has 0 aliphatic heterocycles. The fourth-order valence-corrected chi connectivity index (χ4v) is 3.33. The predicted molar refractivity (Wildman–Crippen MR) is 85.9 cm³/mol. The van der Waals surface area contributed by atoms with Crippen LogP contribution >= 0.6 is 11.3 Å². The van der Waals surface area contributed by atoms with E-state index < -0.39 is 5.97 Å². The molecule has 1 aromatic carbocycles.